The molecule has 0 aliphatic carbocycles. The van der Waals surface area contributed by atoms with Gasteiger partial charge in [-0.1, -0.05) is 6.92 Å². The van der Waals surface area contributed by atoms with Gasteiger partial charge < -0.3 is 4.74 Å². The molecule has 2 rings (SSSR count). The summed E-state index contributed by atoms with van der Waals surface area (Å²) in [6.45, 7) is 6.07. The van der Waals surface area contributed by atoms with Crippen LogP contribution < -0.4 is 4.74 Å². The summed E-state index contributed by atoms with van der Waals surface area (Å²) in [7, 11) is 1.56. The minimum Gasteiger partial charge on any atom is -0.467 e. The maximum atomic E-state index is 5.04. The molecular formula is C12H15N3O. The van der Waals surface area contributed by atoms with Gasteiger partial charge in [-0.15, -0.1) is 0 Å². The second-order valence-corrected chi connectivity index (χ2v) is 3.75. The molecule has 2 heterocycles. The average molecular weight is 217 g/mol. The molecule has 16 heavy (non-hydrogen) atoms. The van der Waals surface area contributed by atoms with E-state index < -0.39 is 0 Å². The zero-order chi connectivity index (χ0) is 11.7. The van der Waals surface area contributed by atoms with Crippen molar-refractivity contribution in [3.05, 3.63) is 23.0 Å². The van der Waals surface area contributed by atoms with Crippen LogP contribution >= 0.6 is 0 Å². The summed E-state index contributed by atoms with van der Waals surface area (Å²) in [6, 6.07) is 2.49. The lowest BCUT2D eigenvalue weighted by atomic mass is 10.1. The van der Waals surface area contributed by atoms with Gasteiger partial charge in [0, 0.05) is 11.1 Å². The molecule has 0 aliphatic heterocycles. The molecule has 2 aromatic heterocycles. The van der Waals surface area contributed by atoms with Gasteiger partial charge >= 0.3 is 6.01 Å². The number of pyridine rings is 1. The van der Waals surface area contributed by atoms with Crippen molar-refractivity contribution in [3.63, 3.8) is 0 Å². The van der Waals surface area contributed by atoms with Gasteiger partial charge in [0.2, 0.25) is 0 Å². The number of rotatable bonds is 2. The summed E-state index contributed by atoms with van der Waals surface area (Å²) in [4.78, 5) is 13.0. The van der Waals surface area contributed by atoms with Gasteiger partial charge in [-0.2, -0.15) is 9.97 Å². The van der Waals surface area contributed by atoms with Crippen molar-refractivity contribution in [2.24, 2.45) is 0 Å². The normalized spacial score (nSPS) is 10.8. The predicted octanol–water partition coefficient (Wildman–Crippen LogP) is 2.21. The topological polar surface area (TPSA) is 47.9 Å². The lowest BCUT2D eigenvalue weighted by molar-refractivity contribution is 0.380. The number of fused-ring (bicyclic) bond motifs is 1. The first-order valence-electron chi connectivity index (χ1n) is 5.34. The Bertz CT molecular complexity index is 537. The second-order valence-electron chi connectivity index (χ2n) is 3.75. The van der Waals surface area contributed by atoms with Crippen LogP contribution in [-0.2, 0) is 6.42 Å². The third-order valence-corrected chi connectivity index (χ3v) is 2.72. The quantitative estimate of drug-likeness (QED) is 0.773. The average Bonchev–Trinajstić information content (AvgIpc) is 2.28. The molecule has 0 spiro atoms. The van der Waals surface area contributed by atoms with Gasteiger partial charge in [-0.25, -0.2) is 4.98 Å². The van der Waals surface area contributed by atoms with E-state index >= 15 is 0 Å². The van der Waals surface area contributed by atoms with Crippen molar-refractivity contribution in [1.82, 2.24) is 15.0 Å². The first-order chi connectivity index (χ1) is 7.65. The van der Waals surface area contributed by atoms with Crippen molar-refractivity contribution in [2.45, 2.75) is 27.2 Å². The zero-order valence-corrected chi connectivity index (χ0v) is 10.0. The van der Waals surface area contributed by atoms with Crippen molar-refractivity contribution in [1.29, 1.82) is 0 Å². The molecule has 0 bridgehead atoms. The van der Waals surface area contributed by atoms with E-state index in [2.05, 4.69) is 27.9 Å². The van der Waals surface area contributed by atoms with Crippen LogP contribution in [-0.4, -0.2) is 22.1 Å². The van der Waals surface area contributed by atoms with Crippen LogP contribution in [0.4, 0.5) is 0 Å². The number of hydrogen-bond acceptors (Lipinski definition) is 4. The van der Waals surface area contributed by atoms with Crippen molar-refractivity contribution < 1.29 is 4.74 Å². The monoisotopic (exact) mass is 217 g/mol. The van der Waals surface area contributed by atoms with Crippen molar-refractivity contribution in [3.8, 4) is 6.01 Å². The number of aromatic nitrogens is 3. The summed E-state index contributed by atoms with van der Waals surface area (Å²) >= 11 is 0. The molecule has 4 heteroatoms. The lowest BCUT2D eigenvalue weighted by Crippen LogP contribution is -2.00. The molecule has 0 saturated carbocycles. The fourth-order valence-electron chi connectivity index (χ4n) is 1.75. The maximum Gasteiger partial charge on any atom is 0.318 e. The summed E-state index contributed by atoms with van der Waals surface area (Å²) < 4.78 is 5.04. The highest BCUT2D eigenvalue weighted by atomic mass is 16.5. The molecule has 0 saturated heterocycles. The zero-order valence-electron chi connectivity index (χ0n) is 10.0. The largest absolute Gasteiger partial charge is 0.467 e. The van der Waals surface area contributed by atoms with Crippen LogP contribution in [0.1, 0.15) is 23.9 Å². The number of hydrogen-bond donors (Lipinski definition) is 0. The third-order valence-electron chi connectivity index (χ3n) is 2.72. The van der Waals surface area contributed by atoms with Gasteiger partial charge in [0.15, 0.2) is 5.65 Å². The van der Waals surface area contributed by atoms with Crippen LogP contribution in [0.3, 0.4) is 0 Å². The highest BCUT2D eigenvalue weighted by Gasteiger charge is 2.08. The Hall–Kier alpha value is -1.71. The Balaban J connectivity index is 2.75. The molecule has 0 unspecified atom stereocenters. The fourth-order valence-corrected chi connectivity index (χ4v) is 1.75. The summed E-state index contributed by atoms with van der Waals surface area (Å²) in [6.07, 6.45) is 0.972. The van der Waals surface area contributed by atoms with E-state index in [9.17, 15) is 0 Å². The molecule has 0 radical (unpaired) electrons. The number of ether oxygens (including phenoxy) is 1. The Morgan fingerprint density at radius 2 is 1.88 bits per heavy atom. The molecule has 0 aromatic carbocycles. The van der Waals surface area contributed by atoms with Gasteiger partial charge in [-0.05, 0) is 31.9 Å². The van der Waals surface area contributed by atoms with E-state index in [1.165, 1.54) is 5.56 Å². The molecule has 0 fully saturated rings. The van der Waals surface area contributed by atoms with Gasteiger partial charge in [0.25, 0.3) is 0 Å². The lowest BCUT2D eigenvalue weighted by Gasteiger charge is -2.07. The van der Waals surface area contributed by atoms with Crippen LogP contribution in [0.15, 0.2) is 6.07 Å². The minimum absolute atomic E-state index is 0.376. The Morgan fingerprint density at radius 3 is 2.50 bits per heavy atom. The molecular weight excluding hydrogens is 202 g/mol. The molecule has 0 aliphatic rings. The van der Waals surface area contributed by atoms with E-state index in [-0.39, 0.29) is 0 Å². The van der Waals surface area contributed by atoms with Crippen molar-refractivity contribution in [2.75, 3.05) is 7.11 Å². The van der Waals surface area contributed by atoms with E-state index in [1.807, 2.05) is 13.8 Å². The summed E-state index contributed by atoms with van der Waals surface area (Å²) in [5.74, 6) is 0. The van der Waals surface area contributed by atoms with Gasteiger partial charge in [0.05, 0.1) is 12.8 Å². The van der Waals surface area contributed by atoms with Gasteiger partial charge in [0.1, 0.15) is 0 Å². The molecule has 4 nitrogen and oxygen atoms in total. The van der Waals surface area contributed by atoms with E-state index in [4.69, 9.17) is 4.74 Å². The number of methoxy groups -OCH3 is 1. The smallest absolute Gasteiger partial charge is 0.318 e. The Morgan fingerprint density at radius 1 is 1.12 bits per heavy atom. The fraction of sp³-hybridized carbons (Fsp3) is 0.417. The van der Waals surface area contributed by atoms with E-state index in [0.29, 0.717) is 11.7 Å². The van der Waals surface area contributed by atoms with Crippen LogP contribution in [0.2, 0.25) is 0 Å². The highest BCUT2D eigenvalue weighted by molar-refractivity contribution is 5.78. The van der Waals surface area contributed by atoms with E-state index in [1.54, 1.807) is 7.11 Å². The number of aryl methyl sites for hydroxylation is 3. The predicted molar refractivity (Wildman–Crippen MR) is 62.7 cm³/mol. The standard InChI is InChI=1S/C12H15N3O/c1-5-9-6-10-8(3)14-12(16-4)15-11(10)13-7(9)2/h6H,5H2,1-4H3. The van der Waals surface area contributed by atoms with E-state index in [0.717, 1.165) is 23.2 Å². The summed E-state index contributed by atoms with van der Waals surface area (Å²) in [5.41, 5.74) is 3.88. The third kappa shape index (κ3) is 1.71. The van der Waals surface area contributed by atoms with Crippen molar-refractivity contribution >= 4 is 11.0 Å². The SMILES string of the molecule is CCc1cc2c(C)nc(OC)nc2nc1C. The van der Waals surface area contributed by atoms with Gasteiger partial charge in [-0.3, -0.25) is 0 Å². The Labute approximate surface area is 94.7 Å². The van der Waals surface area contributed by atoms with Crippen LogP contribution in [0, 0.1) is 13.8 Å². The Kier molecular flexibility index (Phi) is 2.73. The molecule has 0 amide bonds. The van der Waals surface area contributed by atoms with Crippen LogP contribution in [0.25, 0.3) is 11.0 Å². The number of nitrogens with zero attached hydrogens (tertiary/aromatic N) is 3. The maximum absolute atomic E-state index is 5.04. The first kappa shape index (κ1) is 10.8. The minimum atomic E-state index is 0.376. The van der Waals surface area contributed by atoms with Crippen LogP contribution in [0.5, 0.6) is 6.01 Å². The molecule has 84 valence electrons. The molecule has 0 atom stereocenters. The second kappa shape index (κ2) is 4.04. The first-order valence-corrected chi connectivity index (χ1v) is 5.34. The molecule has 2 aromatic rings. The molecule has 0 N–H and O–H groups in total. The highest BCUT2D eigenvalue weighted by Crippen LogP contribution is 2.19. The summed E-state index contributed by atoms with van der Waals surface area (Å²) in [5, 5.41) is 1.00.